The average molecular weight is 318 g/mol. The lowest BCUT2D eigenvalue weighted by atomic mass is 10.1. The van der Waals surface area contributed by atoms with Crippen molar-refractivity contribution < 1.29 is 10.2 Å². The monoisotopic (exact) mass is 318 g/mol. The topological polar surface area (TPSA) is 46.9 Å². The van der Waals surface area contributed by atoms with Crippen molar-refractivity contribution in [3.05, 3.63) is 59.5 Å². The number of aliphatic hydroxyl groups is 2. The number of rotatable bonds is 4. The second-order valence-corrected chi connectivity index (χ2v) is 6.87. The predicted octanol–water partition coefficient (Wildman–Crippen LogP) is 2.20. The molecule has 0 amide bonds. The fourth-order valence-corrected chi connectivity index (χ4v) is 3.72. The van der Waals surface area contributed by atoms with Crippen LogP contribution in [0, 0.1) is 0 Å². The summed E-state index contributed by atoms with van der Waals surface area (Å²) in [7, 11) is 0. The number of nitrogens with zero attached hydrogens (tertiary/aromatic N) is 2. The van der Waals surface area contributed by atoms with Gasteiger partial charge in [-0.1, -0.05) is 30.3 Å². The predicted molar refractivity (Wildman–Crippen MR) is 90.6 cm³/mol. The highest BCUT2D eigenvalue weighted by molar-refractivity contribution is 7.99. The Kier molecular flexibility index (Phi) is 5.08. The first-order valence-electron chi connectivity index (χ1n) is 7.62. The number of aliphatic hydroxyl groups excluding tert-OH is 2. The van der Waals surface area contributed by atoms with Crippen LogP contribution in [0.15, 0.2) is 53.9 Å². The zero-order valence-electron chi connectivity index (χ0n) is 12.6. The minimum Gasteiger partial charge on any atom is -0.507 e. The highest BCUT2D eigenvalue weighted by atomic mass is 32.2. The van der Waals surface area contributed by atoms with E-state index in [0.717, 1.165) is 35.7 Å². The van der Waals surface area contributed by atoms with Crippen LogP contribution in [0.2, 0.25) is 0 Å². The van der Waals surface area contributed by atoms with Gasteiger partial charge in [0.05, 0.1) is 0 Å². The van der Waals surface area contributed by atoms with Crippen molar-refractivity contribution in [2.75, 3.05) is 31.1 Å². The van der Waals surface area contributed by atoms with E-state index >= 15 is 0 Å². The second kappa shape index (κ2) is 7.22. The normalized spacial score (nSPS) is 23.1. The maximum Gasteiger partial charge on any atom is 0.185 e. The molecule has 1 aromatic carbocycles. The molecule has 2 N–H and O–H groups in total. The molecule has 2 heterocycles. The van der Waals surface area contributed by atoms with Crippen LogP contribution in [0.3, 0.4) is 0 Å². The Morgan fingerprint density at radius 3 is 2.55 bits per heavy atom. The molecule has 4 nitrogen and oxygen atoms in total. The van der Waals surface area contributed by atoms with E-state index < -0.39 is 6.23 Å². The summed E-state index contributed by atoms with van der Waals surface area (Å²) in [5.41, 5.74) is 1.93. The lowest BCUT2D eigenvalue weighted by Gasteiger charge is -2.33. The molecule has 118 valence electrons. The van der Waals surface area contributed by atoms with Crippen molar-refractivity contribution in [2.24, 2.45) is 0 Å². The lowest BCUT2D eigenvalue weighted by Crippen LogP contribution is -2.38. The van der Waals surface area contributed by atoms with E-state index in [4.69, 9.17) is 0 Å². The van der Waals surface area contributed by atoms with Crippen LogP contribution in [0.4, 0.5) is 0 Å². The van der Waals surface area contributed by atoms with Crippen molar-refractivity contribution in [3.63, 3.8) is 0 Å². The molecule has 0 spiro atoms. The van der Waals surface area contributed by atoms with Crippen LogP contribution in [0.25, 0.3) is 0 Å². The third kappa shape index (κ3) is 3.66. The number of thioether (sulfide) groups is 1. The molecule has 2 aliphatic rings. The molecule has 1 atom stereocenters. The van der Waals surface area contributed by atoms with Gasteiger partial charge in [-0.3, -0.25) is 4.90 Å². The molecule has 22 heavy (non-hydrogen) atoms. The molecule has 5 heteroatoms. The summed E-state index contributed by atoms with van der Waals surface area (Å²) in [6.07, 6.45) is 2.84. The van der Waals surface area contributed by atoms with E-state index in [1.165, 1.54) is 0 Å². The van der Waals surface area contributed by atoms with Gasteiger partial charge in [0.1, 0.15) is 5.76 Å². The van der Waals surface area contributed by atoms with E-state index in [1.54, 1.807) is 4.90 Å². The van der Waals surface area contributed by atoms with Gasteiger partial charge in [0.25, 0.3) is 0 Å². The SMILES string of the molecule is OC1=C(CN2CCSCC2)C=CN(Cc2ccccc2)[C@@H]1O. The summed E-state index contributed by atoms with van der Waals surface area (Å²) < 4.78 is 0. The Hall–Kier alpha value is -1.43. The second-order valence-electron chi connectivity index (χ2n) is 5.65. The molecule has 0 radical (unpaired) electrons. The van der Waals surface area contributed by atoms with Crippen LogP contribution in [0.5, 0.6) is 0 Å². The molecule has 1 fully saturated rings. The standard InChI is InChI=1S/C17H22N2O2S/c20-16-15(13-18-8-10-22-11-9-18)6-7-19(17(16)21)12-14-4-2-1-3-5-14/h1-7,17,20-21H,8-13H2/t17-/m1/s1. The minimum absolute atomic E-state index is 0.0802. The highest BCUT2D eigenvalue weighted by Gasteiger charge is 2.25. The van der Waals surface area contributed by atoms with Crippen LogP contribution < -0.4 is 0 Å². The molecule has 0 aromatic heterocycles. The highest BCUT2D eigenvalue weighted by Crippen LogP contribution is 2.22. The minimum atomic E-state index is -0.959. The summed E-state index contributed by atoms with van der Waals surface area (Å²) in [6.45, 7) is 3.37. The fourth-order valence-electron chi connectivity index (χ4n) is 2.74. The van der Waals surface area contributed by atoms with Crippen LogP contribution >= 0.6 is 11.8 Å². The molecule has 3 rings (SSSR count). The van der Waals surface area contributed by atoms with Gasteiger partial charge in [0.15, 0.2) is 6.23 Å². The summed E-state index contributed by atoms with van der Waals surface area (Å²) in [6, 6.07) is 9.96. The maximum atomic E-state index is 10.3. The van der Waals surface area contributed by atoms with Crippen molar-refractivity contribution in [1.29, 1.82) is 0 Å². The van der Waals surface area contributed by atoms with Crippen LogP contribution in [0.1, 0.15) is 5.56 Å². The van der Waals surface area contributed by atoms with Crippen LogP contribution in [-0.4, -0.2) is 57.4 Å². The summed E-state index contributed by atoms with van der Waals surface area (Å²) in [4.78, 5) is 4.08. The number of hydrogen-bond acceptors (Lipinski definition) is 5. The van der Waals surface area contributed by atoms with Gasteiger partial charge >= 0.3 is 0 Å². The van der Waals surface area contributed by atoms with E-state index in [-0.39, 0.29) is 5.76 Å². The Bertz CT molecular complexity index is 553. The van der Waals surface area contributed by atoms with E-state index in [9.17, 15) is 10.2 Å². The first kappa shape index (κ1) is 15.5. The van der Waals surface area contributed by atoms with Crippen molar-refractivity contribution in [2.45, 2.75) is 12.8 Å². The van der Waals surface area contributed by atoms with Gasteiger partial charge in [-0.15, -0.1) is 0 Å². The van der Waals surface area contributed by atoms with Gasteiger partial charge in [-0.2, -0.15) is 11.8 Å². The molecule has 2 aliphatic heterocycles. The molecule has 1 aromatic rings. The average Bonchev–Trinajstić information content (AvgIpc) is 2.56. The first-order valence-corrected chi connectivity index (χ1v) is 8.77. The molecule has 1 saturated heterocycles. The van der Waals surface area contributed by atoms with Gasteiger partial charge in [-0.25, -0.2) is 0 Å². The van der Waals surface area contributed by atoms with E-state index in [2.05, 4.69) is 4.90 Å². The summed E-state index contributed by atoms with van der Waals surface area (Å²) >= 11 is 1.97. The third-order valence-electron chi connectivity index (χ3n) is 4.06. The Labute approximate surface area is 135 Å². The van der Waals surface area contributed by atoms with Crippen molar-refractivity contribution in [3.8, 4) is 0 Å². The zero-order chi connectivity index (χ0) is 15.4. The molecular formula is C17H22N2O2S. The van der Waals surface area contributed by atoms with Gasteiger partial charge in [0, 0.05) is 49.5 Å². The molecule has 0 bridgehead atoms. The lowest BCUT2D eigenvalue weighted by molar-refractivity contribution is 0.0241. The van der Waals surface area contributed by atoms with Gasteiger partial charge in [-0.05, 0) is 11.6 Å². The Morgan fingerprint density at radius 2 is 1.82 bits per heavy atom. The Morgan fingerprint density at radius 1 is 1.09 bits per heavy atom. The Balaban J connectivity index is 1.64. The van der Waals surface area contributed by atoms with E-state index in [0.29, 0.717) is 13.1 Å². The number of benzene rings is 1. The maximum absolute atomic E-state index is 10.3. The van der Waals surface area contributed by atoms with Crippen LogP contribution in [-0.2, 0) is 6.54 Å². The van der Waals surface area contributed by atoms with Crippen molar-refractivity contribution in [1.82, 2.24) is 9.80 Å². The number of hydrogen-bond donors (Lipinski definition) is 2. The third-order valence-corrected chi connectivity index (χ3v) is 5.00. The van der Waals surface area contributed by atoms with E-state index in [1.807, 2.05) is 54.4 Å². The van der Waals surface area contributed by atoms with Gasteiger partial charge in [0.2, 0.25) is 0 Å². The fraction of sp³-hybridized carbons (Fsp3) is 0.412. The largest absolute Gasteiger partial charge is 0.507 e. The smallest absolute Gasteiger partial charge is 0.185 e. The molecular weight excluding hydrogens is 296 g/mol. The van der Waals surface area contributed by atoms with Gasteiger partial charge < -0.3 is 15.1 Å². The molecule has 0 unspecified atom stereocenters. The molecule has 0 saturated carbocycles. The first-order chi connectivity index (χ1) is 10.7. The molecule has 0 aliphatic carbocycles. The summed E-state index contributed by atoms with van der Waals surface area (Å²) in [5.74, 6) is 2.36. The zero-order valence-corrected chi connectivity index (χ0v) is 13.4. The van der Waals surface area contributed by atoms with Crippen molar-refractivity contribution >= 4 is 11.8 Å². The summed E-state index contributed by atoms with van der Waals surface area (Å²) in [5, 5.41) is 20.7. The quantitative estimate of drug-likeness (QED) is 0.891.